The molecule has 5 heteroatoms. The second-order valence-corrected chi connectivity index (χ2v) is 6.92. The zero-order valence-corrected chi connectivity index (χ0v) is 12.0. The zero-order chi connectivity index (χ0) is 14.4. The number of carboxylic acid groups (broad SMARTS) is 1. The molecule has 19 heavy (non-hydrogen) atoms. The molecule has 5 nitrogen and oxygen atoms in total. The van der Waals surface area contributed by atoms with E-state index in [0.717, 1.165) is 12.8 Å². The Morgan fingerprint density at radius 2 is 1.89 bits per heavy atom. The minimum absolute atomic E-state index is 0.0834. The van der Waals surface area contributed by atoms with Gasteiger partial charge in [0, 0.05) is 6.54 Å². The van der Waals surface area contributed by atoms with E-state index in [0.29, 0.717) is 18.4 Å². The van der Waals surface area contributed by atoms with Gasteiger partial charge in [0.25, 0.3) is 0 Å². The summed E-state index contributed by atoms with van der Waals surface area (Å²) in [6.07, 6.45) is 1.40. The maximum atomic E-state index is 12.1. The van der Waals surface area contributed by atoms with Gasteiger partial charge < -0.3 is 9.84 Å². The van der Waals surface area contributed by atoms with Gasteiger partial charge in [0.15, 0.2) is 0 Å². The molecule has 4 atom stereocenters. The molecule has 1 heterocycles. The largest absolute Gasteiger partial charge is 0.480 e. The second-order valence-electron chi connectivity index (χ2n) is 6.92. The molecule has 2 rings (SSSR count). The summed E-state index contributed by atoms with van der Waals surface area (Å²) in [5.74, 6) is 0.0359. The van der Waals surface area contributed by atoms with E-state index >= 15 is 0 Å². The van der Waals surface area contributed by atoms with Gasteiger partial charge in [0.05, 0.1) is 0 Å². The lowest BCUT2D eigenvalue weighted by Crippen LogP contribution is -2.45. The van der Waals surface area contributed by atoms with Crippen molar-refractivity contribution >= 4 is 12.1 Å². The average Bonchev–Trinajstić information content (AvgIpc) is 2.69. The summed E-state index contributed by atoms with van der Waals surface area (Å²) in [6, 6.07) is -0.718. The molecule has 1 N–H and O–H groups in total. The van der Waals surface area contributed by atoms with E-state index in [1.807, 2.05) is 0 Å². The van der Waals surface area contributed by atoms with E-state index in [1.54, 1.807) is 20.8 Å². The van der Waals surface area contributed by atoms with Crippen LogP contribution in [0.2, 0.25) is 0 Å². The highest BCUT2D eigenvalue weighted by molar-refractivity contribution is 5.81. The molecule has 0 radical (unpaired) electrons. The fourth-order valence-electron chi connectivity index (χ4n) is 3.46. The normalized spacial score (nSPS) is 34.2. The Hall–Kier alpha value is -1.26. The van der Waals surface area contributed by atoms with E-state index in [1.165, 1.54) is 4.90 Å². The molecule has 2 fully saturated rings. The van der Waals surface area contributed by atoms with Crippen LogP contribution in [0.1, 0.15) is 40.5 Å². The number of hydrogen-bond donors (Lipinski definition) is 1. The average molecular weight is 269 g/mol. The van der Waals surface area contributed by atoms with Crippen LogP contribution in [0.25, 0.3) is 0 Å². The quantitative estimate of drug-likeness (QED) is 0.793. The first-order valence-electron chi connectivity index (χ1n) is 6.91. The van der Waals surface area contributed by atoms with Crippen LogP contribution in [-0.2, 0) is 9.53 Å². The zero-order valence-electron chi connectivity index (χ0n) is 12.0. The van der Waals surface area contributed by atoms with Gasteiger partial charge in [-0.3, -0.25) is 4.90 Å². The van der Waals surface area contributed by atoms with Crippen molar-refractivity contribution in [1.82, 2.24) is 4.90 Å². The smallest absolute Gasteiger partial charge is 0.411 e. The summed E-state index contributed by atoms with van der Waals surface area (Å²) < 4.78 is 5.32. The third kappa shape index (κ3) is 2.85. The van der Waals surface area contributed by atoms with Gasteiger partial charge >= 0.3 is 12.1 Å². The number of hydrogen-bond acceptors (Lipinski definition) is 3. The first kappa shape index (κ1) is 14.2. The lowest BCUT2D eigenvalue weighted by Gasteiger charge is -2.28. The van der Waals surface area contributed by atoms with Gasteiger partial charge in [-0.05, 0) is 51.4 Å². The first-order valence-corrected chi connectivity index (χ1v) is 6.91. The Kier molecular flexibility index (Phi) is 3.49. The Labute approximate surface area is 113 Å². The number of amides is 1. The summed E-state index contributed by atoms with van der Waals surface area (Å²) in [7, 11) is 0. The number of fused-ring (bicyclic) bond motifs is 1. The lowest BCUT2D eigenvalue weighted by atomic mass is 9.94. The molecular weight excluding hydrogens is 246 g/mol. The van der Waals surface area contributed by atoms with Crippen molar-refractivity contribution in [2.24, 2.45) is 17.8 Å². The number of ether oxygens (including phenoxy) is 1. The Morgan fingerprint density at radius 3 is 2.42 bits per heavy atom. The van der Waals surface area contributed by atoms with Crippen molar-refractivity contribution in [3.63, 3.8) is 0 Å². The Bertz CT molecular complexity index is 387. The van der Waals surface area contributed by atoms with Gasteiger partial charge in [-0.1, -0.05) is 6.92 Å². The van der Waals surface area contributed by atoms with Crippen molar-refractivity contribution in [3.8, 4) is 0 Å². The number of carbonyl (C=O) groups excluding carboxylic acids is 1. The monoisotopic (exact) mass is 269 g/mol. The SMILES string of the molecule is CC1C[C@H]2CN(C(=O)OC(C)(C)C)[C@H](C(=O)O)[C@H]2C1. The molecular formula is C14H23NO4. The van der Waals surface area contributed by atoms with Crippen LogP contribution in [-0.4, -0.2) is 40.3 Å². The maximum absolute atomic E-state index is 12.1. The topological polar surface area (TPSA) is 66.8 Å². The summed E-state index contributed by atoms with van der Waals surface area (Å²) in [5.41, 5.74) is -0.592. The first-order chi connectivity index (χ1) is 8.69. The molecule has 1 aliphatic carbocycles. The molecule has 0 spiro atoms. The highest BCUT2D eigenvalue weighted by Crippen LogP contribution is 2.45. The van der Waals surface area contributed by atoms with Crippen molar-refractivity contribution in [2.75, 3.05) is 6.54 Å². The minimum Gasteiger partial charge on any atom is -0.480 e. The molecule has 1 aliphatic heterocycles. The number of aliphatic carboxylic acids is 1. The van der Waals surface area contributed by atoms with Gasteiger partial charge in [-0.2, -0.15) is 0 Å². The van der Waals surface area contributed by atoms with Crippen molar-refractivity contribution in [1.29, 1.82) is 0 Å². The van der Waals surface area contributed by atoms with E-state index in [2.05, 4.69) is 6.92 Å². The molecule has 1 saturated heterocycles. The van der Waals surface area contributed by atoms with Crippen molar-refractivity contribution in [2.45, 2.75) is 52.2 Å². The van der Waals surface area contributed by atoms with Crippen LogP contribution in [0.15, 0.2) is 0 Å². The predicted molar refractivity (Wildman–Crippen MR) is 69.7 cm³/mol. The number of carbonyl (C=O) groups is 2. The summed E-state index contributed by atoms with van der Waals surface area (Å²) in [6.45, 7) is 8.04. The van der Waals surface area contributed by atoms with Crippen LogP contribution in [0.5, 0.6) is 0 Å². The molecule has 0 bridgehead atoms. The third-order valence-corrected chi connectivity index (χ3v) is 4.04. The molecule has 1 unspecified atom stereocenters. The Balaban J connectivity index is 2.13. The fourth-order valence-corrected chi connectivity index (χ4v) is 3.46. The minimum atomic E-state index is -0.910. The predicted octanol–water partition coefficient (Wildman–Crippen LogP) is 2.35. The number of rotatable bonds is 1. The van der Waals surface area contributed by atoms with Crippen LogP contribution in [0.4, 0.5) is 4.79 Å². The van der Waals surface area contributed by atoms with Gasteiger partial charge in [-0.15, -0.1) is 0 Å². The van der Waals surface area contributed by atoms with Gasteiger partial charge in [0.2, 0.25) is 0 Å². The molecule has 0 aromatic rings. The van der Waals surface area contributed by atoms with Crippen LogP contribution in [0, 0.1) is 17.8 Å². The number of nitrogens with zero attached hydrogens (tertiary/aromatic N) is 1. The molecule has 2 aliphatic rings. The van der Waals surface area contributed by atoms with E-state index in [-0.39, 0.29) is 5.92 Å². The van der Waals surface area contributed by atoms with E-state index in [9.17, 15) is 14.7 Å². The summed E-state index contributed by atoms with van der Waals surface area (Å²) in [5, 5.41) is 9.41. The number of likely N-dealkylation sites (tertiary alicyclic amines) is 1. The van der Waals surface area contributed by atoms with Gasteiger partial charge in [0.1, 0.15) is 11.6 Å². The molecule has 108 valence electrons. The van der Waals surface area contributed by atoms with Crippen LogP contribution >= 0.6 is 0 Å². The summed E-state index contributed by atoms with van der Waals surface area (Å²) in [4.78, 5) is 25.0. The van der Waals surface area contributed by atoms with E-state index in [4.69, 9.17) is 4.74 Å². The highest BCUT2D eigenvalue weighted by atomic mass is 16.6. The Morgan fingerprint density at radius 1 is 1.26 bits per heavy atom. The van der Waals surface area contributed by atoms with E-state index < -0.39 is 23.7 Å². The number of carboxylic acids is 1. The summed E-state index contributed by atoms with van der Waals surface area (Å²) >= 11 is 0. The molecule has 1 saturated carbocycles. The lowest BCUT2D eigenvalue weighted by molar-refractivity contribution is -0.143. The van der Waals surface area contributed by atoms with Crippen molar-refractivity contribution in [3.05, 3.63) is 0 Å². The fraction of sp³-hybridized carbons (Fsp3) is 0.857. The highest BCUT2D eigenvalue weighted by Gasteiger charge is 2.52. The van der Waals surface area contributed by atoms with Crippen LogP contribution in [0.3, 0.4) is 0 Å². The van der Waals surface area contributed by atoms with Gasteiger partial charge in [-0.25, -0.2) is 9.59 Å². The molecule has 1 amide bonds. The second kappa shape index (κ2) is 4.69. The molecule has 0 aromatic carbocycles. The maximum Gasteiger partial charge on any atom is 0.411 e. The molecule has 0 aromatic heterocycles. The van der Waals surface area contributed by atoms with Crippen LogP contribution < -0.4 is 0 Å². The van der Waals surface area contributed by atoms with Crippen molar-refractivity contribution < 1.29 is 19.4 Å². The standard InChI is InChI=1S/C14H23NO4/c1-8-5-9-7-15(13(18)19-14(2,3)4)11(12(16)17)10(9)6-8/h8-11H,5-7H2,1-4H3,(H,16,17)/t8?,9-,10-,11-/m0/s1. The third-order valence-electron chi connectivity index (χ3n) is 4.04.